The summed E-state index contributed by atoms with van der Waals surface area (Å²) in [5.41, 5.74) is 1.99. The molecule has 2 atom stereocenters. The van der Waals surface area contributed by atoms with Crippen LogP contribution in [-0.2, 0) is 10.2 Å². The zero-order chi connectivity index (χ0) is 11.6. The molecule has 0 saturated heterocycles. The quantitative estimate of drug-likeness (QED) is 0.708. The fraction of sp³-hybridized carbons (Fsp3) is 0.500. The molecule has 3 rings (SSSR count). The summed E-state index contributed by atoms with van der Waals surface area (Å²) in [6.45, 7) is 6.59. The number of para-hydroxylation sites is 1. The Balaban J connectivity index is 2.25. The Labute approximate surface area is 96.1 Å². The number of hydrogen-bond acceptors (Lipinski definition) is 1. The van der Waals surface area contributed by atoms with E-state index in [0.29, 0.717) is 5.92 Å². The van der Waals surface area contributed by atoms with E-state index in [1.807, 2.05) is 18.2 Å². The third kappa shape index (κ3) is 0.831. The van der Waals surface area contributed by atoms with Crippen LogP contribution in [0.3, 0.4) is 0 Å². The van der Waals surface area contributed by atoms with Gasteiger partial charge in [0.15, 0.2) is 0 Å². The highest BCUT2D eigenvalue weighted by Crippen LogP contribution is 2.64. The molecular weight excluding hydrogens is 198 g/mol. The number of rotatable bonds is 0. The first-order chi connectivity index (χ1) is 7.50. The van der Waals surface area contributed by atoms with E-state index in [2.05, 4.69) is 32.2 Å². The molecule has 1 aromatic carbocycles. The van der Waals surface area contributed by atoms with Gasteiger partial charge in [-0.1, -0.05) is 39.0 Å². The normalized spacial score (nSPS) is 34.4. The summed E-state index contributed by atoms with van der Waals surface area (Å²) < 4.78 is 0. The molecule has 2 aliphatic rings. The molecule has 2 nitrogen and oxygen atoms in total. The van der Waals surface area contributed by atoms with Crippen molar-refractivity contribution in [1.82, 2.24) is 0 Å². The van der Waals surface area contributed by atoms with Crippen LogP contribution < -0.4 is 5.32 Å². The van der Waals surface area contributed by atoms with Gasteiger partial charge in [-0.15, -0.1) is 0 Å². The van der Waals surface area contributed by atoms with Gasteiger partial charge in [-0.05, 0) is 29.4 Å². The molecule has 1 aliphatic heterocycles. The summed E-state index contributed by atoms with van der Waals surface area (Å²) in [7, 11) is 0. The largest absolute Gasteiger partial charge is 0.325 e. The SMILES string of the molecule is CC1CC(C)(C)C12C(=O)Nc1ccccc12. The summed E-state index contributed by atoms with van der Waals surface area (Å²) in [5, 5.41) is 3.04. The average molecular weight is 215 g/mol. The maximum absolute atomic E-state index is 12.4. The Morgan fingerprint density at radius 3 is 2.62 bits per heavy atom. The number of amides is 1. The predicted molar refractivity (Wildman–Crippen MR) is 64.3 cm³/mol. The lowest BCUT2D eigenvalue weighted by atomic mass is 9.43. The molecule has 1 saturated carbocycles. The van der Waals surface area contributed by atoms with Gasteiger partial charge in [-0.2, -0.15) is 0 Å². The molecule has 2 unspecified atom stereocenters. The van der Waals surface area contributed by atoms with Gasteiger partial charge in [0.1, 0.15) is 0 Å². The van der Waals surface area contributed by atoms with E-state index in [1.165, 1.54) is 5.56 Å². The second-order valence-corrected chi connectivity index (χ2v) is 5.80. The van der Waals surface area contributed by atoms with Crippen LogP contribution in [-0.4, -0.2) is 5.91 Å². The molecule has 1 spiro atoms. The van der Waals surface area contributed by atoms with Crippen LogP contribution in [0.4, 0.5) is 5.69 Å². The second-order valence-electron chi connectivity index (χ2n) is 5.80. The first-order valence-electron chi connectivity index (χ1n) is 5.91. The topological polar surface area (TPSA) is 29.1 Å². The highest BCUT2D eigenvalue weighted by Gasteiger charge is 2.66. The minimum Gasteiger partial charge on any atom is -0.325 e. The standard InChI is InChI=1S/C14H17NO/c1-9-8-13(2,3)14(9)10-6-4-5-7-11(10)15-12(14)16/h4-7,9H,8H2,1-3H3,(H,15,16). The molecule has 84 valence electrons. The zero-order valence-electron chi connectivity index (χ0n) is 10.0. The van der Waals surface area contributed by atoms with Crippen molar-refractivity contribution in [1.29, 1.82) is 0 Å². The van der Waals surface area contributed by atoms with Crippen molar-refractivity contribution < 1.29 is 4.79 Å². The Morgan fingerprint density at radius 1 is 1.31 bits per heavy atom. The minimum atomic E-state index is -0.288. The van der Waals surface area contributed by atoms with Gasteiger partial charge in [0.25, 0.3) is 0 Å². The second kappa shape index (κ2) is 2.68. The van der Waals surface area contributed by atoms with Crippen molar-refractivity contribution in [2.45, 2.75) is 32.6 Å². The van der Waals surface area contributed by atoms with E-state index >= 15 is 0 Å². The third-order valence-electron chi connectivity index (χ3n) is 4.58. The molecule has 1 N–H and O–H groups in total. The Morgan fingerprint density at radius 2 is 2.00 bits per heavy atom. The lowest BCUT2D eigenvalue weighted by molar-refractivity contribution is -0.139. The van der Waals surface area contributed by atoms with Gasteiger partial charge >= 0.3 is 0 Å². The van der Waals surface area contributed by atoms with E-state index in [-0.39, 0.29) is 16.7 Å². The van der Waals surface area contributed by atoms with Crippen molar-refractivity contribution in [2.75, 3.05) is 5.32 Å². The number of carbonyl (C=O) groups excluding carboxylic acids is 1. The summed E-state index contributed by atoms with van der Waals surface area (Å²) >= 11 is 0. The zero-order valence-corrected chi connectivity index (χ0v) is 10.0. The number of benzene rings is 1. The van der Waals surface area contributed by atoms with Gasteiger partial charge in [-0.25, -0.2) is 0 Å². The van der Waals surface area contributed by atoms with Gasteiger partial charge in [0, 0.05) is 5.69 Å². The highest BCUT2D eigenvalue weighted by atomic mass is 16.2. The molecule has 1 amide bonds. The van der Waals surface area contributed by atoms with Gasteiger partial charge < -0.3 is 5.32 Å². The summed E-state index contributed by atoms with van der Waals surface area (Å²) in [5.74, 6) is 0.628. The monoisotopic (exact) mass is 215 g/mol. The van der Waals surface area contributed by atoms with Crippen LogP contribution >= 0.6 is 0 Å². The van der Waals surface area contributed by atoms with E-state index in [9.17, 15) is 4.79 Å². The average Bonchev–Trinajstić information content (AvgIpc) is 2.51. The molecule has 1 heterocycles. The van der Waals surface area contributed by atoms with Crippen LogP contribution in [0.5, 0.6) is 0 Å². The van der Waals surface area contributed by atoms with E-state index < -0.39 is 0 Å². The maximum atomic E-state index is 12.4. The molecular formula is C14H17NO. The summed E-state index contributed by atoms with van der Waals surface area (Å²) in [6, 6.07) is 8.12. The number of nitrogens with one attached hydrogen (secondary N) is 1. The van der Waals surface area contributed by atoms with Crippen molar-refractivity contribution in [2.24, 2.45) is 11.3 Å². The molecule has 0 radical (unpaired) electrons. The molecule has 16 heavy (non-hydrogen) atoms. The van der Waals surface area contributed by atoms with Gasteiger partial charge in [-0.3, -0.25) is 4.79 Å². The number of fused-ring (bicyclic) bond motifs is 2. The summed E-state index contributed by atoms with van der Waals surface area (Å²) in [6.07, 6.45) is 1.12. The van der Waals surface area contributed by atoms with Gasteiger partial charge in [0.2, 0.25) is 5.91 Å². The first-order valence-corrected chi connectivity index (χ1v) is 5.91. The fourth-order valence-electron chi connectivity index (χ4n) is 4.06. The Hall–Kier alpha value is -1.31. The third-order valence-corrected chi connectivity index (χ3v) is 4.58. The van der Waals surface area contributed by atoms with Crippen LogP contribution in [0, 0.1) is 11.3 Å². The van der Waals surface area contributed by atoms with E-state index in [1.54, 1.807) is 0 Å². The molecule has 2 heteroatoms. The number of carbonyl (C=O) groups is 1. The fourth-order valence-corrected chi connectivity index (χ4v) is 4.06. The Kier molecular flexibility index (Phi) is 1.65. The van der Waals surface area contributed by atoms with Crippen LogP contribution in [0.2, 0.25) is 0 Å². The minimum absolute atomic E-state index is 0.0725. The molecule has 0 aromatic heterocycles. The molecule has 0 bridgehead atoms. The van der Waals surface area contributed by atoms with Crippen molar-refractivity contribution in [3.8, 4) is 0 Å². The molecule has 1 fully saturated rings. The lowest BCUT2D eigenvalue weighted by Gasteiger charge is -2.57. The first kappa shape index (κ1) is 9.88. The van der Waals surface area contributed by atoms with Crippen molar-refractivity contribution in [3.05, 3.63) is 29.8 Å². The lowest BCUT2D eigenvalue weighted by Crippen LogP contribution is -2.61. The van der Waals surface area contributed by atoms with E-state index in [4.69, 9.17) is 0 Å². The summed E-state index contributed by atoms with van der Waals surface area (Å²) in [4.78, 5) is 12.4. The maximum Gasteiger partial charge on any atom is 0.235 e. The van der Waals surface area contributed by atoms with Crippen molar-refractivity contribution >= 4 is 11.6 Å². The molecule has 1 aromatic rings. The van der Waals surface area contributed by atoms with Gasteiger partial charge in [0.05, 0.1) is 5.41 Å². The highest BCUT2D eigenvalue weighted by molar-refractivity contribution is 6.08. The van der Waals surface area contributed by atoms with Crippen LogP contribution in [0.25, 0.3) is 0 Å². The number of hydrogen-bond donors (Lipinski definition) is 1. The Bertz CT molecular complexity index is 477. The number of anilines is 1. The molecule has 1 aliphatic carbocycles. The van der Waals surface area contributed by atoms with E-state index in [0.717, 1.165) is 12.1 Å². The van der Waals surface area contributed by atoms with Crippen LogP contribution in [0.1, 0.15) is 32.8 Å². The van der Waals surface area contributed by atoms with Crippen LogP contribution in [0.15, 0.2) is 24.3 Å². The smallest absolute Gasteiger partial charge is 0.235 e. The predicted octanol–water partition coefficient (Wildman–Crippen LogP) is 2.94. The van der Waals surface area contributed by atoms with Crippen molar-refractivity contribution in [3.63, 3.8) is 0 Å².